The largest absolute Gasteiger partial charge is 0.383 e. The third-order valence-corrected chi connectivity index (χ3v) is 5.11. The van der Waals surface area contributed by atoms with E-state index in [1.54, 1.807) is 6.92 Å². The number of nitrogen functional groups attached to an aromatic ring is 1. The average molecular weight is 423 g/mol. The van der Waals surface area contributed by atoms with Crippen LogP contribution in [0.25, 0.3) is 0 Å². The van der Waals surface area contributed by atoms with Gasteiger partial charge in [0.2, 0.25) is 0 Å². The molecule has 0 aliphatic heterocycles. The van der Waals surface area contributed by atoms with E-state index in [1.165, 1.54) is 9.47 Å². The van der Waals surface area contributed by atoms with Crippen molar-refractivity contribution in [3.05, 3.63) is 55.7 Å². The SMILES string of the molecule is CCCCn1c(N)c(N(CC)C(=O)C[NH+](C)Cc2ccccc2Cl)c(=O)[nH]c1=O. The number of anilines is 2. The summed E-state index contributed by atoms with van der Waals surface area (Å²) >= 11 is 6.20. The standard InChI is InChI=1S/C20H28ClN5O3/c1-4-6-11-26-18(22)17(19(28)23-20(26)29)25(5-2)16(27)13-24(3)12-14-9-7-8-10-15(14)21/h7-10H,4-6,11-13,22H2,1-3H3,(H,23,28,29)/p+1. The number of H-pyrrole nitrogens is 1. The second kappa shape index (κ2) is 10.3. The van der Waals surface area contributed by atoms with Crippen molar-refractivity contribution in [1.82, 2.24) is 9.55 Å². The number of nitrogens with zero attached hydrogens (tertiary/aromatic N) is 2. The molecule has 29 heavy (non-hydrogen) atoms. The van der Waals surface area contributed by atoms with E-state index in [9.17, 15) is 14.4 Å². The Labute approximate surface area is 174 Å². The van der Waals surface area contributed by atoms with E-state index in [2.05, 4.69) is 4.98 Å². The molecule has 9 heteroatoms. The molecule has 1 amide bonds. The number of amides is 1. The lowest BCUT2D eigenvalue weighted by atomic mass is 10.2. The van der Waals surface area contributed by atoms with Crippen LogP contribution in [0.2, 0.25) is 5.02 Å². The summed E-state index contributed by atoms with van der Waals surface area (Å²) in [5.74, 6) is -0.235. The number of rotatable bonds is 9. The lowest BCUT2D eigenvalue weighted by Crippen LogP contribution is -3.09. The van der Waals surface area contributed by atoms with Crippen LogP contribution in [0.15, 0.2) is 33.9 Å². The summed E-state index contributed by atoms with van der Waals surface area (Å²) in [7, 11) is 1.88. The number of benzene rings is 1. The number of likely N-dealkylation sites (N-methyl/N-ethyl adjacent to an activating group) is 2. The molecule has 1 aromatic carbocycles. The van der Waals surface area contributed by atoms with Gasteiger partial charge in [0, 0.05) is 23.7 Å². The van der Waals surface area contributed by atoms with E-state index in [1.807, 2.05) is 38.2 Å². The van der Waals surface area contributed by atoms with Crippen LogP contribution in [0.1, 0.15) is 32.3 Å². The number of quaternary nitrogens is 1. The first-order chi connectivity index (χ1) is 13.8. The minimum Gasteiger partial charge on any atom is -0.383 e. The predicted molar refractivity (Wildman–Crippen MR) is 116 cm³/mol. The van der Waals surface area contributed by atoms with Crippen LogP contribution in [-0.2, 0) is 17.9 Å². The van der Waals surface area contributed by atoms with Gasteiger partial charge in [0.25, 0.3) is 11.5 Å². The van der Waals surface area contributed by atoms with Gasteiger partial charge >= 0.3 is 5.69 Å². The Morgan fingerprint density at radius 2 is 1.97 bits per heavy atom. The molecule has 8 nitrogen and oxygen atoms in total. The summed E-state index contributed by atoms with van der Waals surface area (Å²) < 4.78 is 1.32. The van der Waals surface area contributed by atoms with Gasteiger partial charge in [-0.15, -0.1) is 0 Å². The third-order valence-electron chi connectivity index (χ3n) is 4.74. The summed E-state index contributed by atoms with van der Waals surface area (Å²) in [5.41, 5.74) is 5.89. The number of carbonyl (C=O) groups excluding carboxylic acids is 1. The third kappa shape index (κ3) is 5.48. The Morgan fingerprint density at radius 3 is 2.59 bits per heavy atom. The maximum absolute atomic E-state index is 13.0. The molecule has 0 saturated heterocycles. The van der Waals surface area contributed by atoms with E-state index in [0.717, 1.165) is 23.3 Å². The van der Waals surface area contributed by atoms with Gasteiger partial charge in [0.15, 0.2) is 12.2 Å². The van der Waals surface area contributed by atoms with Crippen LogP contribution in [0.4, 0.5) is 11.5 Å². The van der Waals surface area contributed by atoms with Crippen molar-refractivity contribution in [2.24, 2.45) is 0 Å². The lowest BCUT2D eigenvalue weighted by Gasteiger charge is -2.24. The molecule has 1 unspecified atom stereocenters. The fraction of sp³-hybridized carbons (Fsp3) is 0.450. The molecule has 0 aliphatic carbocycles. The van der Waals surface area contributed by atoms with Gasteiger partial charge in [-0.3, -0.25) is 24.0 Å². The second-order valence-corrected chi connectivity index (χ2v) is 7.45. The summed E-state index contributed by atoms with van der Waals surface area (Å²) in [4.78, 5) is 42.1. The van der Waals surface area contributed by atoms with Crippen molar-refractivity contribution in [3.8, 4) is 0 Å². The molecule has 2 rings (SSSR count). The smallest absolute Gasteiger partial charge is 0.330 e. The number of nitrogens with two attached hydrogens (primary N) is 1. The molecule has 0 spiro atoms. The highest BCUT2D eigenvalue weighted by Crippen LogP contribution is 2.17. The minimum atomic E-state index is -0.654. The number of aromatic nitrogens is 2. The lowest BCUT2D eigenvalue weighted by molar-refractivity contribution is -0.885. The van der Waals surface area contributed by atoms with Crippen LogP contribution in [0, 0.1) is 0 Å². The molecule has 4 N–H and O–H groups in total. The number of carbonyl (C=O) groups is 1. The molecule has 1 heterocycles. The summed E-state index contributed by atoms with van der Waals surface area (Å²) in [5, 5.41) is 0.648. The monoisotopic (exact) mass is 422 g/mol. The van der Waals surface area contributed by atoms with Gasteiger partial charge in [0.05, 0.1) is 7.05 Å². The Kier molecular flexibility index (Phi) is 8.04. The minimum absolute atomic E-state index is 0.0196. The van der Waals surface area contributed by atoms with Crippen LogP contribution in [0.3, 0.4) is 0 Å². The highest BCUT2D eigenvalue weighted by Gasteiger charge is 2.25. The fourth-order valence-electron chi connectivity index (χ4n) is 3.22. The van der Waals surface area contributed by atoms with Crippen LogP contribution in [-0.4, -0.2) is 35.6 Å². The van der Waals surface area contributed by atoms with E-state index < -0.39 is 11.2 Å². The van der Waals surface area contributed by atoms with Gasteiger partial charge in [-0.2, -0.15) is 0 Å². The van der Waals surface area contributed by atoms with E-state index in [0.29, 0.717) is 18.1 Å². The van der Waals surface area contributed by atoms with Crippen LogP contribution in [0.5, 0.6) is 0 Å². The summed E-state index contributed by atoms with van der Waals surface area (Å²) in [6.45, 7) is 5.11. The Morgan fingerprint density at radius 1 is 1.28 bits per heavy atom. The summed E-state index contributed by atoms with van der Waals surface area (Å²) in [6, 6.07) is 7.48. The molecule has 0 fully saturated rings. The first kappa shape index (κ1) is 22.7. The Bertz CT molecular complexity index is 969. The highest BCUT2D eigenvalue weighted by atomic mass is 35.5. The molecule has 0 radical (unpaired) electrons. The Hall–Kier alpha value is -2.58. The normalized spacial score (nSPS) is 12.0. The maximum Gasteiger partial charge on any atom is 0.330 e. The Balaban J connectivity index is 2.26. The quantitative estimate of drug-likeness (QED) is 0.551. The van der Waals surface area contributed by atoms with Crippen molar-refractivity contribution in [3.63, 3.8) is 0 Å². The van der Waals surface area contributed by atoms with Crippen LogP contribution >= 0.6 is 11.6 Å². The maximum atomic E-state index is 13.0. The molecular weight excluding hydrogens is 394 g/mol. The molecule has 0 saturated carbocycles. The number of hydrogen-bond donors (Lipinski definition) is 3. The zero-order chi connectivity index (χ0) is 21.6. The number of halogens is 1. The van der Waals surface area contributed by atoms with Crippen LogP contribution < -0.4 is 26.8 Å². The molecular formula is C20H29ClN5O3+. The number of unbranched alkanes of at least 4 members (excludes halogenated alkanes) is 1. The van der Waals surface area contributed by atoms with Crippen molar-refractivity contribution >= 4 is 29.0 Å². The molecule has 0 bridgehead atoms. The number of hydrogen-bond acceptors (Lipinski definition) is 4. The van der Waals surface area contributed by atoms with Crippen molar-refractivity contribution in [2.75, 3.05) is 30.8 Å². The zero-order valence-electron chi connectivity index (χ0n) is 17.1. The average Bonchev–Trinajstić information content (AvgIpc) is 2.66. The van der Waals surface area contributed by atoms with Crippen molar-refractivity contribution in [2.45, 2.75) is 39.8 Å². The zero-order valence-corrected chi connectivity index (χ0v) is 17.9. The van der Waals surface area contributed by atoms with Crippen molar-refractivity contribution in [1.29, 1.82) is 0 Å². The van der Waals surface area contributed by atoms with Crippen molar-refractivity contribution < 1.29 is 9.69 Å². The van der Waals surface area contributed by atoms with Gasteiger partial charge in [0.1, 0.15) is 12.4 Å². The van der Waals surface area contributed by atoms with E-state index in [4.69, 9.17) is 17.3 Å². The number of nitrogens with one attached hydrogen (secondary N) is 2. The second-order valence-electron chi connectivity index (χ2n) is 7.04. The molecule has 2 aromatic rings. The molecule has 1 aromatic heterocycles. The molecule has 0 aliphatic rings. The number of aromatic amines is 1. The predicted octanol–water partition coefficient (Wildman–Crippen LogP) is 0.640. The van der Waals surface area contributed by atoms with E-state index in [-0.39, 0.29) is 30.5 Å². The summed E-state index contributed by atoms with van der Waals surface area (Å²) in [6.07, 6.45) is 1.60. The first-order valence-electron chi connectivity index (χ1n) is 9.77. The topological polar surface area (TPSA) is 106 Å². The van der Waals surface area contributed by atoms with Gasteiger partial charge in [-0.25, -0.2) is 4.79 Å². The molecule has 1 atom stereocenters. The van der Waals surface area contributed by atoms with Gasteiger partial charge < -0.3 is 10.6 Å². The van der Waals surface area contributed by atoms with Gasteiger partial charge in [-0.05, 0) is 19.4 Å². The first-order valence-corrected chi connectivity index (χ1v) is 10.2. The molecule has 158 valence electrons. The van der Waals surface area contributed by atoms with E-state index >= 15 is 0 Å². The fourth-order valence-corrected chi connectivity index (χ4v) is 3.42. The highest BCUT2D eigenvalue weighted by molar-refractivity contribution is 6.31. The van der Waals surface area contributed by atoms with Gasteiger partial charge in [-0.1, -0.05) is 43.1 Å².